The molecule has 1 N–H and O–H groups in total. The Hall–Kier alpha value is -2.15. The van der Waals surface area contributed by atoms with Crippen molar-refractivity contribution in [3.63, 3.8) is 0 Å². The Balaban J connectivity index is 1.70. The minimum Gasteiger partial charge on any atom is -0.322 e. The quantitative estimate of drug-likeness (QED) is 0.858. The summed E-state index contributed by atoms with van der Waals surface area (Å²) in [6.45, 7) is 0.102. The van der Waals surface area contributed by atoms with Gasteiger partial charge in [0.05, 0.1) is 12.1 Å². The van der Waals surface area contributed by atoms with Crippen LogP contribution in [0, 0.1) is 5.82 Å². The van der Waals surface area contributed by atoms with Crippen molar-refractivity contribution in [1.29, 1.82) is 0 Å². The number of halogens is 1. The van der Waals surface area contributed by atoms with Gasteiger partial charge in [-0.2, -0.15) is 11.8 Å². The summed E-state index contributed by atoms with van der Waals surface area (Å²) >= 11 is 1.66. The number of carbonyl (C=O) groups excluding carboxylic acids is 2. The maximum absolute atomic E-state index is 13.9. The number of imide groups is 1. The lowest BCUT2D eigenvalue weighted by Crippen LogP contribution is -2.46. The van der Waals surface area contributed by atoms with E-state index in [0.717, 1.165) is 5.75 Å². The number of hydrogen-bond acceptors (Lipinski definition) is 4. The van der Waals surface area contributed by atoms with Crippen LogP contribution >= 0.6 is 11.8 Å². The first-order valence-corrected chi connectivity index (χ1v) is 8.50. The van der Waals surface area contributed by atoms with E-state index in [2.05, 4.69) is 10.3 Å². The highest BCUT2D eigenvalue weighted by molar-refractivity contribution is 7.99. The second-order valence-electron chi connectivity index (χ2n) is 5.81. The van der Waals surface area contributed by atoms with Crippen molar-refractivity contribution in [3.8, 4) is 0 Å². The number of urea groups is 1. The molecule has 1 unspecified atom stereocenters. The molecule has 118 valence electrons. The van der Waals surface area contributed by atoms with Gasteiger partial charge in [-0.3, -0.25) is 14.7 Å². The van der Waals surface area contributed by atoms with Gasteiger partial charge in [0.15, 0.2) is 0 Å². The minimum absolute atomic E-state index is 0.102. The summed E-state index contributed by atoms with van der Waals surface area (Å²) in [7, 11) is 0. The predicted octanol–water partition coefficient (Wildman–Crippen LogP) is 2.30. The van der Waals surface area contributed by atoms with Crippen LogP contribution in [0.3, 0.4) is 0 Å². The maximum Gasteiger partial charge on any atom is 0.325 e. The highest BCUT2D eigenvalue weighted by Crippen LogP contribution is 2.34. The molecule has 2 fully saturated rings. The van der Waals surface area contributed by atoms with E-state index in [9.17, 15) is 14.0 Å². The number of amides is 3. The molecule has 2 aliphatic rings. The first-order chi connectivity index (χ1) is 11.1. The number of hydrogen-bond donors (Lipinski definition) is 1. The predicted molar refractivity (Wildman–Crippen MR) is 85.5 cm³/mol. The second kappa shape index (κ2) is 5.19. The number of carbonyl (C=O) groups is 2. The lowest BCUT2D eigenvalue weighted by molar-refractivity contribution is -0.130. The van der Waals surface area contributed by atoms with E-state index in [1.807, 2.05) is 0 Å². The molecule has 4 rings (SSSR count). The number of nitrogens with zero attached hydrogens (tertiary/aromatic N) is 2. The van der Waals surface area contributed by atoms with E-state index in [0.29, 0.717) is 28.6 Å². The van der Waals surface area contributed by atoms with Gasteiger partial charge < -0.3 is 5.32 Å². The largest absolute Gasteiger partial charge is 0.325 e. The van der Waals surface area contributed by atoms with Gasteiger partial charge in [-0.05, 0) is 35.9 Å². The fourth-order valence-corrected chi connectivity index (χ4v) is 4.47. The number of aromatic nitrogens is 1. The molecule has 3 amide bonds. The van der Waals surface area contributed by atoms with Crippen molar-refractivity contribution in [1.82, 2.24) is 15.2 Å². The Morgan fingerprint density at radius 2 is 2.22 bits per heavy atom. The third-order valence-electron chi connectivity index (χ3n) is 4.40. The van der Waals surface area contributed by atoms with Crippen LogP contribution in [0.1, 0.15) is 12.0 Å². The summed E-state index contributed by atoms with van der Waals surface area (Å²) < 4.78 is 13.9. The van der Waals surface area contributed by atoms with E-state index in [1.165, 1.54) is 11.0 Å². The van der Waals surface area contributed by atoms with Gasteiger partial charge in [-0.1, -0.05) is 6.07 Å². The highest BCUT2D eigenvalue weighted by atomic mass is 32.2. The first-order valence-electron chi connectivity index (χ1n) is 7.35. The van der Waals surface area contributed by atoms with Crippen LogP contribution in [0.15, 0.2) is 30.5 Å². The van der Waals surface area contributed by atoms with Crippen molar-refractivity contribution in [2.45, 2.75) is 18.5 Å². The van der Waals surface area contributed by atoms with Gasteiger partial charge in [-0.15, -0.1) is 0 Å². The van der Waals surface area contributed by atoms with Crippen molar-refractivity contribution in [2.24, 2.45) is 0 Å². The Bertz CT molecular complexity index is 820. The molecule has 0 bridgehead atoms. The zero-order chi connectivity index (χ0) is 16.0. The Morgan fingerprint density at radius 1 is 1.35 bits per heavy atom. The molecule has 1 aromatic heterocycles. The Labute approximate surface area is 136 Å². The van der Waals surface area contributed by atoms with Crippen LogP contribution in [-0.2, 0) is 11.3 Å². The van der Waals surface area contributed by atoms with E-state index in [4.69, 9.17) is 0 Å². The fourth-order valence-electron chi connectivity index (χ4n) is 3.15. The number of benzene rings is 1. The van der Waals surface area contributed by atoms with Crippen molar-refractivity contribution < 1.29 is 14.0 Å². The lowest BCUT2D eigenvalue weighted by atomic mass is 9.99. The molecular weight excluding hydrogens is 317 g/mol. The minimum atomic E-state index is -0.759. The smallest absolute Gasteiger partial charge is 0.322 e. The molecule has 0 radical (unpaired) electrons. The van der Waals surface area contributed by atoms with Crippen LogP contribution in [0.5, 0.6) is 0 Å². The summed E-state index contributed by atoms with van der Waals surface area (Å²) in [4.78, 5) is 30.4. The summed E-state index contributed by atoms with van der Waals surface area (Å²) in [6.07, 6.45) is 2.23. The molecule has 3 heterocycles. The van der Waals surface area contributed by atoms with Gasteiger partial charge in [0.25, 0.3) is 5.91 Å². The summed E-state index contributed by atoms with van der Waals surface area (Å²) in [5.74, 6) is 0.913. The van der Waals surface area contributed by atoms with Crippen LogP contribution < -0.4 is 5.32 Å². The molecule has 2 aromatic rings. The molecule has 2 aliphatic heterocycles. The van der Waals surface area contributed by atoms with Crippen molar-refractivity contribution >= 4 is 34.6 Å². The summed E-state index contributed by atoms with van der Waals surface area (Å²) in [5, 5.41) is 3.22. The third-order valence-corrected chi connectivity index (χ3v) is 5.59. The van der Waals surface area contributed by atoms with Crippen LogP contribution in [-0.4, -0.2) is 38.9 Å². The van der Waals surface area contributed by atoms with Crippen LogP contribution in [0.2, 0.25) is 0 Å². The standard InChI is InChI=1S/C16H14FN3O2S/c17-12-4-3-10(13-11(12)2-1-6-18-13)8-20-14(21)16(19-15(20)22)5-7-23-9-16/h1-4,6H,5,7-9H2,(H,19,22). The maximum atomic E-state index is 13.9. The molecule has 5 nitrogen and oxygen atoms in total. The zero-order valence-electron chi connectivity index (χ0n) is 12.2. The number of pyridine rings is 1. The lowest BCUT2D eigenvalue weighted by Gasteiger charge is -2.19. The monoisotopic (exact) mass is 331 g/mol. The zero-order valence-corrected chi connectivity index (χ0v) is 13.0. The van der Waals surface area contributed by atoms with E-state index >= 15 is 0 Å². The van der Waals surface area contributed by atoms with Gasteiger partial charge in [0.2, 0.25) is 0 Å². The normalized spacial score (nSPS) is 24.0. The molecule has 23 heavy (non-hydrogen) atoms. The molecule has 7 heteroatoms. The Morgan fingerprint density at radius 3 is 3.00 bits per heavy atom. The SMILES string of the molecule is O=C1NC2(CCSC2)C(=O)N1Cc1ccc(F)c2cccnc12. The highest BCUT2D eigenvalue weighted by Gasteiger charge is 2.52. The molecule has 0 saturated carbocycles. The van der Waals surface area contributed by atoms with Crippen LogP contribution in [0.4, 0.5) is 9.18 Å². The Kier molecular flexibility index (Phi) is 3.26. The molecular formula is C16H14FN3O2S. The second-order valence-corrected chi connectivity index (χ2v) is 6.92. The number of fused-ring (bicyclic) bond motifs is 1. The fraction of sp³-hybridized carbons (Fsp3) is 0.312. The van der Waals surface area contributed by atoms with Crippen LogP contribution in [0.25, 0.3) is 10.9 Å². The first kappa shape index (κ1) is 14.4. The average Bonchev–Trinajstić information content (AvgIpc) is 3.11. The number of thioether (sulfide) groups is 1. The van der Waals surface area contributed by atoms with Crippen molar-refractivity contribution in [3.05, 3.63) is 41.8 Å². The summed E-state index contributed by atoms with van der Waals surface area (Å²) in [6, 6.07) is 5.85. The van der Waals surface area contributed by atoms with Gasteiger partial charge in [0, 0.05) is 17.3 Å². The van der Waals surface area contributed by atoms with E-state index in [-0.39, 0.29) is 24.3 Å². The molecule has 1 aromatic carbocycles. The average molecular weight is 331 g/mol. The summed E-state index contributed by atoms with van der Waals surface area (Å²) in [5.41, 5.74) is 0.383. The van der Waals surface area contributed by atoms with Gasteiger partial charge in [0.1, 0.15) is 11.4 Å². The van der Waals surface area contributed by atoms with Gasteiger partial charge in [-0.25, -0.2) is 9.18 Å². The topological polar surface area (TPSA) is 62.3 Å². The molecule has 1 atom stereocenters. The van der Waals surface area contributed by atoms with E-state index < -0.39 is 5.54 Å². The van der Waals surface area contributed by atoms with Crippen molar-refractivity contribution in [2.75, 3.05) is 11.5 Å². The molecule has 2 saturated heterocycles. The molecule has 0 aliphatic carbocycles. The van der Waals surface area contributed by atoms with E-state index in [1.54, 1.807) is 36.2 Å². The number of nitrogens with one attached hydrogen (secondary N) is 1. The number of rotatable bonds is 2. The van der Waals surface area contributed by atoms with Gasteiger partial charge >= 0.3 is 6.03 Å². The molecule has 1 spiro atoms. The third kappa shape index (κ3) is 2.18.